The summed E-state index contributed by atoms with van der Waals surface area (Å²) < 4.78 is 15.0. The van der Waals surface area contributed by atoms with E-state index in [2.05, 4.69) is 37.7 Å². The number of aliphatic hydroxyl groups is 1. The van der Waals surface area contributed by atoms with Crippen molar-refractivity contribution in [2.75, 3.05) is 5.32 Å². The van der Waals surface area contributed by atoms with E-state index in [0.29, 0.717) is 10.5 Å². The first-order chi connectivity index (χ1) is 13.0. The molecule has 0 heterocycles. The molecule has 0 radical (unpaired) electrons. The minimum absolute atomic E-state index is 0.244. The van der Waals surface area contributed by atoms with E-state index >= 15 is 0 Å². The van der Waals surface area contributed by atoms with Gasteiger partial charge in [-0.05, 0) is 54.5 Å². The molecule has 0 spiro atoms. The molecule has 2 amide bonds. The van der Waals surface area contributed by atoms with Crippen molar-refractivity contribution in [1.29, 1.82) is 0 Å². The van der Waals surface area contributed by atoms with Crippen LogP contribution in [0.3, 0.4) is 0 Å². The van der Waals surface area contributed by atoms with Crippen molar-refractivity contribution >= 4 is 23.1 Å². The summed E-state index contributed by atoms with van der Waals surface area (Å²) in [5.74, 6) is 0.489. The van der Waals surface area contributed by atoms with Gasteiger partial charge in [0.15, 0.2) is 4.90 Å². The zero-order valence-corrected chi connectivity index (χ0v) is 18.2. The number of para-hydroxylation sites is 1. The molecule has 2 aromatic rings. The van der Waals surface area contributed by atoms with Gasteiger partial charge in [-0.2, -0.15) is 0 Å². The van der Waals surface area contributed by atoms with Crippen LogP contribution in [0.2, 0.25) is 0 Å². The van der Waals surface area contributed by atoms with Crippen LogP contribution in [0.4, 0.5) is 10.5 Å². The fraction of sp³-hybridized carbons (Fsp3) is 0.409. The van der Waals surface area contributed by atoms with Gasteiger partial charge in [-0.1, -0.05) is 58.0 Å². The van der Waals surface area contributed by atoms with Gasteiger partial charge < -0.3 is 15.0 Å². The summed E-state index contributed by atoms with van der Waals surface area (Å²) in [6.07, 6.45) is 0. The number of carbonyl (C=O) groups excluding carboxylic acids is 1. The third kappa shape index (κ3) is 5.50. The molecule has 2 rings (SSSR count). The van der Waals surface area contributed by atoms with E-state index in [1.165, 1.54) is 0 Å². The fourth-order valence-corrected chi connectivity index (χ4v) is 3.68. The maximum Gasteiger partial charge on any atom is 0.361 e. The molecule has 3 N–H and O–H groups in total. The van der Waals surface area contributed by atoms with Gasteiger partial charge in [0.05, 0.1) is 5.60 Å². The van der Waals surface area contributed by atoms with Crippen LogP contribution in [0.5, 0.6) is 0 Å². The standard InChI is InChI=1S/C22H30N2O3S/c1-14(2)18-8-7-9-19(15(3)4)20(18)23-21(25)24-28(27)17-12-10-16(11-13-17)22(5,6)26/h7-15,26H,1-6H3,(H2,23,24,25). The summed E-state index contributed by atoms with van der Waals surface area (Å²) in [5.41, 5.74) is 2.60. The van der Waals surface area contributed by atoms with Crippen molar-refractivity contribution in [2.45, 2.75) is 63.9 Å². The maximum atomic E-state index is 12.5. The molecular weight excluding hydrogens is 372 g/mol. The Morgan fingerprint density at radius 3 is 1.93 bits per heavy atom. The molecule has 0 saturated carbocycles. The minimum atomic E-state index is -1.70. The lowest BCUT2D eigenvalue weighted by Crippen LogP contribution is -2.35. The molecule has 0 aliphatic heterocycles. The third-order valence-electron chi connectivity index (χ3n) is 4.57. The zero-order chi connectivity index (χ0) is 21.1. The molecule has 0 aromatic heterocycles. The molecule has 0 aliphatic carbocycles. The van der Waals surface area contributed by atoms with E-state index in [1.807, 2.05) is 18.2 Å². The smallest absolute Gasteiger partial charge is 0.361 e. The normalized spacial score (nSPS) is 12.9. The van der Waals surface area contributed by atoms with Gasteiger partial charge in [-0.15, -0.1) is 4.72 Å². The SMILES string of the molecule is CC(C)c1cccc(C(C)C)c1NC(=O)N[S+]([O-])c1ccc(C(C)(C)O)cc1. The van der Waals surface area contributed by atoms with Gasteiger partial charge in [0, 0.05) is 5.69 Å². The van der Waals surface area contributed by atoms with Crippen LogP contribution >= 0.6 is 0 Å². The molecule has 5 nitrogen and oxygen atoms in total. The summed E-state index contributed by atoms with van der Waals surface area (Å²) in [6.45, 7) is 11.7. The topological polar surface area (TPSA) is 84.4 Å². The Morgan fingerprint density at radius 1 is 1.00 bits per heavy atom. The summed E-state index contributed by atoms with van der Waals surface area (Å²) in [5, 5.41) is 12.9. The average Bonchev–Trinajstić information content (AvgIpc) is 2.60. The first-order valence-corrected chi connectivity index (χ1v) is 10.6. The van der Waals surface area contributed by atoms with Gasteiger partial charge in [0.2, 0.25) is 0 Å². The Kier molecular flexibility index (Phi) is 7.15. The number of nitrogens with one attached hydrogen (secondary N) is 2. The van der Waals surface area contributed by atoms with Crippen molar-refractivity contribution in [2.24, 2.45) is 0 Å². The van der Waals surface area contributed by atoms with Crippen molar-refractivity contribution in [3.05, 3.63) is 59.2 Å². The van der Waals surface area contributed by atoms with Crippen LogP contribution in [0.1, 0.15) is 70.1 Å². The van der Waals surface area contributed by atoms with Gasteiger partial charge in [-0.25, -0.2) is 4.79 Å². The highest BCUT2D eigenvalue weighted by Crippen LogP contribution is 2.32. The van der Waals surface area contributed by atoms with Gasteiger partial charge in [-0.3, -0.25) is 0 Å². The summed E-state index contributed by atoms with van der Waals surface area (Å²) in [6, 6.07) is 12.2. The first kappa shape index (κ1) is 22.3. The predicted octanol–water partition coefficient (Wildman–Crippen LogP) is 5.01. The molecule has 1 unspecified atom stereocenters. The quantitative estimate of drug-likeness (QED) is 0.594. The van der Waals surface area contributed by atoms with E-state index in [0.717, 1.165) is 16.8 Å². The third-order valence-corrected chi connectivity index (χ3v) is 5.64. The van der Waals surface area contributed by atoms with Crippen molar-refractivity contribution in [3.8, 4) is 0 Å². The Hall–Kier alpha value is -2.02. The highest BCUT2D eigenvalue weighted by atomic mass is 32.2. The lowest BCUT2D eigenvalue weighted by atomic mass is 9.93. The number of urea groups is 1. The first-order valence-electron chi connectivity index (χ1n) is 9.45. The number of amides is 2. The Bertz CT molecular complexity index is 785. The minimum Gasteiger partial charge on any atom is -0.588 e. The molecule has 6 heteroatoms. The van der Waals surface area contributed by atoms with E-state index in [4.69, 9.17) is 0 Å². The molecule has 2 aromatic carbocycles. The van der Waals surface area contributed by atoms with Crippen molar-refractivity contribution in [1.82, 2.24) is 4.72 Å². The van der Waals surface area contributed by atoms with Gasteiger partial charge in [0.1, 0.15) is 11.4 Å². The number of anilines is 1. The zero-order valence-electron chi connectivity index (χ0n) is 17.4. The van der Waals surface area contributed by atoms with E-state index in [-0.39, 0.29) is 11.8 Å². The summed E-state index contributed by atoms with van der Waals surface area (Å²) in [7, 11) is 0. The van der Waals surface area contributed by atoms with Crippen LogP contribution in [-0.2, 0) is 17.0 Å². The van der Waals surface area contributed by atoms with Crippen molar-refractivity contribution < 1.29 is 14.5 Å². The van der Waals surface area contributed by atoms with Crippen LogP contribution in [0.25, 0.3) is 0 Å². The number of hydrogen-bond acceptors (Lipinski definition) is 3. The number of benzene rings is 2. The second-order valence-electron chi connectivity index (χ2n) is 8.03. The molecule has 0 saturated heterocycles. The second-order valence-corrected chi connectivity index (χ2v) is 9.24. The molecule has 1 atom stereocenters. The molecule has 152 valence electrons. The maximum absolute atomic E-state index is 12.5. The lowest BCUT2D eigenvalue weighted by Gasteiger charge is -2.21. The van der Waals surface area contributed by atoms with Crippen LogP contribution in [0, 0.1) is 0 Å². The van der Waals surface area contributed by atoms with E-state index in [9.17, 15) is 14.5 Å². The van der Waals surface area contributed by atoms with E-state index < -0.39 is 23.0 Å². The Balaban J connectivity index is 2.16. The van der Waals surface area contributed by atoms with Crippen LogP contribution in [-0.4, -0.2) is 15.7 Å². The Morgan fingerprint density at radius 2 is 1.50 bits per heavy atom. The highest BCUT2D eigenvalue weighted by Gasteiger charge is 2.21. The molecule has 0 bridgehead atoms. The Labute approximate surface area is 170 Å². The lowest BCUT2D eigenvalue weighted by molar-refractivity contribution is 0.0785. The molecule has 28 heavy (non-hydrogen) atoms. The van der Waals surface area contributed by atoms with Crippen LogP contribution < -0.4 is 10.0 Å². The van der Waals surface area contributed by atoms with Gasteiger partial charge in [0.25, 0.3) is 0 Å². The molecular formula is C22H30N2O3S. The molecule has 0 fully saturated rings. The monoisotopic (exact) mass is 402 g/mol. The van der Waals surface area contributed by atoms with E-state index in [1.54, 1.807) is 38.1 Å². The average molecular weight is 403 g/mol. The largest absolute Gasteiger partial charge is 0.588 e. The number of carbonyl (C=O) groups is 1. The van der Waals surface area contributed by atoms with Gasteiger partial charge >= 0.3 is 6.03 Å². The van der Waals surface area contributed by atoms with Crippen molar-refractivity contribution in [3.63, 3.8) is 0 Å². The molecule has 0 aliphatic rings. The van der Waals surface area contributed by atoms with Crippen LogP contribution in [0.15, 0.2) is 47.4 Å². The highest BCUT2D eigenvalue weighted by molar-refractivity contribution is 7.90. The number of rotatable bonds is 6. The predicted molar refractivity (Wildman–Crippen MR) is 115 cm³/mol. The summed E-state index contributed by atoms with van der Waals surface area (Å²) in [4.78, 5) is 13.0. The summed E-state index contributed by atoms with van der Waals surface area (Å²) >= 11 is -1.70. The second kappa shape index (κ2) is 8.99. The fourth-order valence-electron chi connectivity index (χ4n) is 2.96. The number of hydrogen-bond donors (Lipinski definition) is 3.